The van der Waals surface area contributed by atoms with Crippen LogP contribution in [-0.2, 0) is 0 Å². The third-order valence-electron chi connectivity index (χ3n) is 3.26. The van der Waals surface area contributed by atoms with E-state index >= 15 is 0 Å². The second kappa shape index (κ2) is 3.68. The highest BCUT2D eigenvalue weighted by Gasteiger charge is 2.34. The van der Waals surface area contributed by atoms with Gasteiger partial charge in [-0.1, -0.05) is 20.3 Å². The van der Waals surface area contributed by atoms with Crippen molar-refractivity contribution >= 4 is 11.6 Å². The highest BCUT2D eigenvalue weighted by molar-refractivity contribution is 5.39. The molecule has 4 nitrogen and oxygen atoms in total. The third kappa shape index (κ3) is 2.19. The van der Waals surface area contributed by atoms with Gasteiger partial charge in [0.2, 0.25) is 0 Å². The van der Waals surface area contributed by atoms with Crippen molar-refractivity contribution in [3.63, 3.8) is 0 Å². The number of nitrogens with one attached hydrogen (secondary N) is 1. The van der Waals surface area contributed by atoms with E-state index in [-0.39, 0.29) is 0 Å². The summed E-state index contributed by atoms with van der Waals surface area (Å²) in [6.45, 7) is 4.59. The van der Waals surface area contributed by atoms with Gasteiger partial charge in [0.05, 0.1) is 0 Å². The summed E-state index contributed by atoms with van der Waals surface area (Å²) in [6.07, 6.45) is 3.76. The summed E-state index contributed by atoms with van der Waals surface area (Å²) < 4.78 is 0. The van der Waals surface area contributed by atoms with Crippen molar-refractivity contribution < 1.29 is 0 Å². The van der Waals surface area contributed by atoms with Crippen LogP contribution in [0.5, 0.6) is 0 Å². The van der Waals surface area contributed by atoms with Gasteiger partial charge in [-0.25, -0.2) is 0 Å². The molecular weight excluding hydrogens is 188 g/mol. The quantitative estimate of drug-likeness (QED) is 0.777. The number of anilines is 2. The lowest BCUT2D eigenvalue weighted by molar-refractivity contribution is 0.349. The molecule has 2 rings (SSSR count). The maximum atomic E-state index is 5.49. The van der Waals surface area contributed by atoms with E-state index in [9.17, 15) is 0 Å². The Bertz CT molecular complexity index is 331. The number of rotatable bonds is 2. The van der Waals surface area contributed by atoms with Gasteiger partial charge in [-0.05, 0) is 30.4 Å². The molecule has 0 amide bonds. The molecule has 0 aromatic carbocycles. The zero-order valence-corrected chi connectivity index (χ0v) is 9.33. The van der Waals surface area contributed by atoms with Crippen LogP contribution in [0.2, 0.25) is 0 Å². The molecule has 0 radical (unpaired) electrons. The minimum absolute atomic E-state index is 0.350. The molecule has 3 N–H and O–H groups in total. The lowest BCUT2D eigenvalue weighted by atomic mass is 9.87. The fraction of sp³-hybridized carbons (Fsp3) is 0.636. The number of nitrogens with two attached hydrogens (primary N) is 1. The summed E-state index contributed by atoms with van der Waals surface area (Å²) in [5.74, 6) is 1.29. The monoisotopic (exact) mass is 206 g/mol. The van der Waals surface area contributed by atoms with E-state index in [2.05, 4.69) is 29.4 Å². The Morgan fingerprint density at radius 3 is 2.73 bits per heavy atom. The molecular formula is C11H18N4. The topological polar surface area (TPSA) is 63.8 Å². The predicted molar refractivity (Wildman–Crippen MR) is 61.5 cm³/mol. The van der Waals surface area contributed by atoms with Gasteiger partial charge < -0.3 is 11.1 Å². The molecule has 1 aromatic rings. The van der Waals surface area contributed by atoms with Gasteiger partial charge in [0, 0.05) is 6.04 Å². The largest absolute Gasteiger partial charge is 0.382 e. The molecule has 1 aromatic heterocycles. The average molecular weight is 206 g/mol. The summed E-state index contributed by atoms with van der Waals surface area (Å²) in [4.78, 5) is 0. The van der Waals surface area contributed by atoms with Gasteiger partial charge in [0.1, 0.15) is 11.6 Å². The Morgan fingerprint density at radius 2 is 2.20 bits per heavy atom. The van der Waals surface area contributed by atoms with E-state index in [1.165, 1.54) is 19.3 Å². The fourth-order valence-corrected chi connectivity index (χ4v) is 2.19. The normalized spacial score (nSPS) is 24.0. The Balaban J connectivity index is 2.06. The van der Waals surface area contributed by atoms with E-state index in [0.717, 1.165) is 5.82 Å². The van der Waals surface area contributed by atoms with Gasteiger partial charge in [-0.15, -0.1) is 10.2 Å². The van der Waals surface area contributed by atoms with Gasteiger partial charge in [-0.3, -0.25) is 0 Å². The van der Waals surface area contributed by atoms with E-state index in [0.29, 0.717) is 17.3 Å². The number of hydrogen-bond donors (Lipinski definition) is 2. The summed E-state index contributed by atoms with van der Waals surface area (Å²) in [6, 6.07) is 4.16. The van der Waals surface area contributed by atoms with Crippen molar-refractivity contribution in [3.05, 3.63) is 12.1 Å². The second-order valence-corrected chi connectivity index (χ2v) is 4.92. The molecule has 0 aliphatic heterocycles. The first kappa shape index (κ1) is 10.2. The zero-order valence-electron chi connectivity index (χ0n) is 9.33. The lowest BCUT2D eigenvalue weighted by Crippen LogP contribution is -2.31. The van der Waals surface area contributed by atoms with E-state index < -0.39 is 0 Å². The van der Waals surface area contributed by atoms with Crippen LogP contribution in [0, 0.1) is 5.41 Å². The van der Waals surface area contributed by atoms with Crippen LogP contribution in [0.15, 0.2) is 12.1 Å². The number of aromatic nitrogens is 2. The molecule has 1 heterocycles. The average Bonchev–Trinajstić information content (AvgIpc) is 2.50. The molecule has 1 atom stereocenters. The summed E-state index contributed by atoms with van der Waals surface area (Å²) in [7, 11) is 0. The van der Waals surface area contributed by atoms with E-state index in [1.54, 1.807) is 6.07 Å². The molecule has 1 unspecified atom stereocenters. The van der Waals surface area contributed by atoms with Crippen LogP contribution in [0.4, 0.5) is 11.6 Å². The van der Waals surface area contributed by atoms with Crippen LogP contribution in [-0.4, -0.2) is 16.2 Å². The first-order valence-corrected chi connectivity index (χ1v) is 5.44. The molecule has 1 aliphatic carbocycles. The Kier molecular flexibility index (Phi) is 2.50. The molecule has 0 bridgehead atoms. The Morgan fingerprint density at radius 1 is 1.40 bits per heavy atom. The van der Waals surface area contributed by atoms with Crippen molar-refractivity contribution in [1.82, 2.24) is 10.2 Å². The molecule has 1 aliphatic rings. The summed E-state index contributed by atoms with van der Waals surface area (Å²) in [5.41, 5.74) is 5.84. The standard InChI is InChI=1S/C11H18N4/c1-11(2)7-3-4-8(11)13-10-6-5-9(12)14-15-10/h5-6,8H,3-4,7H2,1-2H3,(H2,12,14)(H,13,15). The molecule has 1 saturated carbocycles. The zero-order chi connectivity index (χ0) is 10.9. The molecule has 82 valence electrons. The minimum atomic E-state index is 0.350. The van der Waals surface area contributed by atoms with E-state index in [4.69, 9.17) is 5.73 Å². The Hall–Kier alpha value is -1.32. The predicted octanol–water partition coefficient (Wildman–Crippen LogP) is 2.05. The van der Waals surface area contributed by atoms with Crippen molar-refractivity contribution in [2.75, 3.05) is 11.1 Å². The minimum Gasteiger partial charge on any atom is -0.382 e. The third-order valence-corrected chi connectivity index (χ3v) is 3.26. The lowest BCUT2D eigenvalue weighted by Gasteiger charge is -2.27. The fourth-order valence-electron chi connectivity index (χ4n) is 2.19. The number of hydrogen-bond acceptors (Lipinski definition) is 4. The van der Waals surface area contributed by atoms with Crippen molar-refractivity contribution in [1.29, 1.82) is 0 Å². The molecule has 0 spiro atoms. The van der Waals surface area contributed by atoms with Crippen molar-refractivity contribution in [3.8, 4) is 0 Å². The van der Waals surface area contributed by atoms with Crippen molar-refractivity contribution in [2.24, 2.45) is 5.41 Å². The molecule has 0 saturated heterocycles. The number of nitrogens with zero attached hydrogens (tertiary/aromatic N) is 2. The molecule has 15 heavy (non-hydrogen) atoms. The van der Waals surface area contributed by atoms with Crippen LogP contribution in [0.25, 0.3) is 0 Å². The highest BCUT2D eigenvalue weighted by atomic mass is 15.2. The molecule has 1 fully saturated rings. The smallest absolute Gasteiger partial charge is 0.149 e. The van der Waals surface area contributed by atoms with Crippen LogP contribution in [0.3, 0.4) is 0 Å². The van der Waals surface area contributed by atoms with Crippen LogP contribution >= 0.6 is 0 Å². The summed E-state index contributed by atoms with van der Waals surface area (Å²) in [5, 5.41) is 11.3. The van der Waals surface area contributed by atoms with E-state index in [1.807, 2.05) is 6.07 Å². The summed E-state index contributed by atoms with van der Waals surface area (Å²) >= 11 is 0. The maximum absolute atomic E-state index is 5.49. The van der Waals surface area contributed by atoms with Crippen molar-refractivity contribution in [2.45, 2.75) is 39.2 Å². The first-order valence-electron chi connectivity index (χ1n) is 5.44. The number of nitrogen functional groups attached to an aromatic ring is 1. The van der Waals surface area contributed by atoms with Gasteiger partial charge in [-0.2, -0.15) is 0 Å². The second-order valence-electron chi connectivity index (χ2n) is 4.92. The van der Waals surface area contributed by atoms with Gasteiger partial charge >= 0.3 is 0 Å². The first-order chi connectivity index (χ1) is 7.08. The van der Waals surface area contributed by atoms with Gasteiger partial charge in [0.15, 0.2) is 0 Å². The van der Waals surface area contributed by atoms with Gasteiger partial charge in [0.25, 0.3) is 0 Å². The van der Waals surface area contributed by atoms with Crippen LogP contribution < -0.4 is 11.1 Å². The SMILES string of the molecule is CC1(C)CCCC1Nc1ccc(N)nn1. The highest BCUT2D eigenvalue weighted by Crippen LogP contribution is 2.38. The molecule has 4 heteroatoms. The van der Waals surface area contributed by atoms with Crippen LogP contribution in [0.1, 0.15) is 33.1 Å². The Labute approximate surface area is 90.3 Å². The maximum Gasteiger partial charge on any atom is 0.149 e.